The van der Waals surface area contributed by atoms with Crippen LogP contribution < -0.4 is 10.6 Å². The first-order chi connectivity index (χ1) is 8.99. The zero-order chi connectivity index (χ0) is 14.0. The van der Waals surface area contributed by atoms with Crippen molar-refractivity contribution in [2.45, 2.75) is 32.9 Å². The van der Waals surface area contributed by atoms with E-state index in [1.54, 1.807) is 0 Å². The van der Waals surface area contributed by atoms with Crippen molar-refractivity contribution in [3.8, 4) is 0 Å². The smallest absolute Gasteiger partial charge is 0.0642 e. The molecule has 1 fully saturated rings. The number of nitrogens with two attached hydrogens (primary N) is 1. The Balaban J connectivity index is 2.07. The first kappa shape index (κ1) is 14.6. The summed E-state index contributed by atoms with van der Waals surface area (Å²) < 4.78 is 0. The highest BCUT2D eigenvalue weighted by Gasteiger charge is 2.20. The SMILES string of the molecule is CC(N)c1ccc(N2CCN(C(C)C)CC2)c(Cl)c1. The number of nitrogens with zero attached hydrogens (tertiary/aromatic N) is 2. The van der Waals surface area contributed by atoms with Crippen LogP contribution in [0.15, 0.2) is 18.2 Å². The Labute approximate surface area is 121 Å². The molecule has 1 saturated heterocycles. The van der Waals surface area contributed by atoms with Crippen molar-refractivity contribution in [3.05, 3.63) is 28.8 Å². The minimum atomic E-state index is 0.0318. The first-order valence-corrected chi connectivity index (χ1v) is 7.41. The molecule has 1 aromatic rings. The van der Waals surface area contributed by atoms with Gasteiger partial charge in [0.2, 0.25) is 0 Å². The third-order valence-corrected chi connectivity index (χ3v) is 4.19. The molecule has 1 aromatic carbocycles. The fourth-order valence-corrected chi connectivity index (χ4v) is 2.85. The number of hydrogen-bond acceptors (Lipinski definition) is 3. The van der Waals surface area contributed by atoms with Gasteiger partial charge in [0, 0.05) is 38.3 Å². The van der Waals surface area contributed by atoms with E-state index >= 15 is 0 Å². The Bertz CT molecular complexity index is 423. The molecule has 4 heteroatoms. The van der Waals surface area contributed by atoms with Gasteiger partial charge in [0.25, 0.3) is 0 Å². The van der Waals surface area contributed by atoms with Crippen LogP contribution in [0.1, 0.15) is 32.4 Å². The lowest BCUT2D eigenvalue weighted by atomic mass is 10.1. The van der Waals surface area contributed by atoms with E-state index in [9.17, 15) is 0 Å². The minimum absolute atomic E-state index is 0.0318. The zero-order valence-corrected chi connectivity index (χ0v) is 12.8. The van der Waals surface area contributed by atoms with E-state index in [1.807, 2.05) is 13.0 Å². The van der Waals surface area contributed by atoms with Gasteiger partial charge in [-0.25, -0.2) is 0 Å². The summed E-state index contributed by atoms with van der Waals surface area (Å²) in [4.78, 5) is 4.87. The van der Waals surface area contributed by atoms with E-state index in [4.69, 9.17) is 17.3 Å². The van der Waals surface area contributed by atoms with Gasteiger partial charge in [0.1, 0.15) is 0 Å². The van der Waals surface area contributed by atoms with Gasteiger partial charge in [0.15, 0.2) is 0 Å². The largest absolute Gasteiger partial charge is 0.368 e. The van der Waals surface area contributed by atoms with Crippen LogP contribution >= 0.6 is 11.6 Å². The molecule has 1 aliphatic rings. The monoisotopic (exact) mass is 281 g/mol. The first-order valence-electron chi connectivity index (χ1n) is 7.03. The van der Waals surface area contributed by atoms with E-state index in [0.29, 0.717) is 6.04 Å². The Hall–Kier alpha value is -0.770. The summed E-state index contributed by atoms with van der Waals surface area (Å²) >= 11 is 6.39. The minimum Gasteiger partial charge on any atom is -0.368 e. The number of hydrogen-bond donors (Lipinski definition) is 1. The molecule has 1 heterocycles. The molecule has 19 heavy (non-hydrogen) atoms. The van der Waals surface area contributed by atoms with Gasteiger partial charge in [-0.3, -0.25) is 4.90 Å². The maximum atomic E-state index is 6.39. The van der Waals surface area contributed by atoms with Gasteiger partial charge in [-0.05, 0) is 38.5 Å². The number of anilines is 1. The third kappa shape index (κ3) is 3.41. The molecule has 0 aliphatic carbocycles. The lowest BCUT2D eigenvalue weighted by Crippen LogP contribution is -2.49. The van der Waals surface area contributed by atoms with Crippen LogP contribution in [0.4, 0.5) is 5.69 Å². The summed E-state index contributed by atoms with van der Waals surface area (Å²) in [6.45, 7) is 10.8. The Morgan fingerprint density at radius 1 is 1.11 bits per heavy atom. The number of benzene rings is 1. The second-order valence-corrected chi connectivity index (χ2v) is 6.02. The van der Waals surface area contributed by atoms with Crippen molar-refractivity contribution < 1.29 is 0 Å². The lowest BCUT2D eigenvalue weighted by Gasteiger charge is -2.38. The quantitative estimate of drug-likeness (QED) is 0.925. The van der Waals surface area contributed by atoms with Crippen LogP contribution in [-0.4, -0.2) is 37.1 Å². The Morgan fingerprint density at radius 3 is 2.21 bits per heavy atom. The van der Waals surface area contributed by atoms with Crippen molar-refractivity contribution in [2.75, 3.05) is 31.1 Å². The summed E-state index contributed by atoms with van der Waals surface area (Å²) in [5.74, 6) is 0. The molecule has 0 aromatic heterocycles. The van der Waals surface area contributed by atoms with E-state index in [0.717, 1.165) is 42.5 Å². The standard InChI is InChI=1S/C15H24ClN3/c1-11(2)18-6-8-19(9-7-18)15-5-4-13(12(3)17)10-14(15)16/h4-5,10-12H,6-9,17H2,1-3H3. The molecule has 2 N–H and O–H groups in total. The average Bonchev–Trinajstić information content (AvgIpc) is 2.38. The van der Waals surface area contributed by atoms with Gasteiger partial charge >= 0.3 is 0 Å². The highest BCUT2D eigenvalue weighted by molar-refractivity contribution is 6.33. The summed E-state index contributed by atoms with van der Waals surface area (Å²) in [6.07, 6.45) is 0. The van der Waals surface area contributed by atoms with Crippen molar-refractivity contribution >= 4 is 17.3 Å². The van der Waals surface area contributed by atoms with Crippen LogP contribution in [0.2, 0.25) is 5.02 Å². The zero-order valence-electron chi connectivity index (χ0n) is 12.1. The fourth-order valence-electron chi connectivity index (χ4n) is 2.54. The summed E-state index contributed by atoms with van der Waals surface area (Å²) in [6, 6.07) is 6.84. The maximum Gasteiger partial charge on any atom is 0.0642 e. The highest BCUT2D eigenvalue weighted by atomic mass is 35.5. The number of piperazine rings is 1. The summed E-state index contributed by atoms with van der Waals surface area (Å²) in [5, 5.41) is 0.813. The Morgan fingerprint density at radius 2 is 1.74 bits per heavy atom. The molecule has 3 nitrogen and oxygen atoms in total. The summed E-state index contributed by atoms with van der Waals surface area (Å²) in [5.41, 5.74) is 8.11. The van der Waals surface area contributed by atoms with Crippen molar-refractivity contribution in [2.24, 2.45) is 5.73 Å². The van der Waals surface area contributed by atoms with E-state index < -0.39 is 0 Å². The second kappa shape index (κ2) is 6.12. The molecule has 1 unspecified atom stereocenters. The molecule has 0 radical (unpaired) electrons. The van der Waals surface area contributed by atoms with Crippen LogP contribution in [0, 0.1) is 0 Å². The molecular formula is C15H24ClN3. The Kier molecular flexibility index (Phi) is 4.71. The maximum absolute atomic E-state index is 6.39. The van der Waals surface area contributed by atoms with Gasteiger partial charge in [-0.1, -0.05) is 17.7 Å². The van der Waals surface area contributed by atoms with E-state index in [2.05, 4.69) is 35.8 Å². The predicted molar refractivity (Wildman–Crippen MR) is 83.0 cm³/mol. The van der Waals surface area contributed by atoms with Crippen molar-refractivity contribution in [1.29, 1.82) is 0 Å². The lowest BCUT2D eigenvalue weighted by molar-refractivity contribution is 0.209. The molecule has 0 amide bonds. The molecule has 0 spiro atoms. The topological polar surface area (TPSA) is 32.5 Å². The molecular weight excluding hydrogens is 258 g/mol. The number of rotatable bonds is 3. The van der Waals surface area contributed by atoms with Gasteiger partial charge < -0.3 is 10.6 Å². The van der Waals surface area contributed by atoms with Gasteiger partial charge in [-0.15, -0.1) is 0 Å². The van der Waals surface area contributed by atoms with Gasteiger partial charge in [-0.2, -0.15) is 0 Å². The molecule has 0 bridgehead atoms. The molecule has 0 saturated carbocycles. The molecule has 2 rings (SSSR count). The van der Waals surface area contributed by atoms with Crippen LogP contribution in [0.5, 0.6) is 0 Å². The average molecular weight is 282 g/mol. The van der Waals surface area contributed by atoms with Crippen molar-refractivity contribution in [3.63, 3.8) is 0 Å². The van der Waals surface area contributed by atoms with Crippen molar-refractivity contribution in [1.82, 2.24) is 4.90 Å². The number of halogens is 1. The molecule has 1 atom stereocenters. The highest BCUT2D eigenvalue weighted by Crippen LogP contribution is 2.29. The van der Waals surface area contributed by atoms with Crippen LogP contribution in [0.3, 0.4) is 0 Å². The molecule has 106 valence electrons. The van der Waals surface area contributed by atoms with Crippen LogP contribution in [-0.2, 0) is 0 Å². The van der Waals surface area contributed by atoms with E-state index in [-0.39, 0.29) is 6.04 Å². The fraction of sp³-hybridized carbons (Fsp3) is 0.600. The normalized spacial score (nSPS) is 18.9. The van der Waals surface area contributed by atoms with E-state index in [1.165, 1.54) is 0 Å². The predicted octanol–water partition coefficient (Wildman–Crippen LogP) is 2.89. The van der Waals surface area contributed by atoms with Gasteiger partial charge in [0.05, 0.1) is 10.7 Å². The second-order valence-electron chi connectivity index (χ2n) is 5.62. The third-order valence-electron chi connectivity index (χ3n) is 3.88. The van der Waals surface area contributed by atoms with Crippen LogP contribution in [0.25, 0.3) is 0 Å². The summed E-state index contributed by atoms with van der Waals surface area (Å²) in [7, 11) is 0. The molecule has 1 aliphatic heterocycles.